The minimum Gasteiger partial charge on any atom is -0.457 e. The Morgan fingerprint density at radius 3 is 2.42 bits per heavy atom. The van der Waals surface area contributed by atoms with Crippen LogP contribution in [0.15, 0.2) is 41.3 Å². The van der Waals surface area contributed by atoms with Crippen molar-refractivity contribution in [1.29, 1.82) is 0 Å². The molecule has 1 aromatic carbocycles. The van der Waals surface area contributed by atoms with Gasteiger partial charge in [0.05, 0.1) is 23.9 Å². The molecule has 18 nitrogen and oxygen atoms in total. The SMILES string of the molecule is C=C[C@@H]1C[C@]1(NC(=O)[C@@H]1C[C@@H](OC(=O)N2Cc3cccc(F)c3C2)CN1C(=O)[C@H](CNC(=O)c1cc(C(C)=O)oc1C)NC(=O)OC(C)(C)C)C(=O)NS(=O)(=O)C1CC1. The fraction of sp³-hybridized carbons (Fsp3) is 0.513. The van der Waals surface area contributed by atoms with Gasteiger partial charge in [-0.2, -0.15) is 0 Å². The molecule has 4 aliphatic rings. The largest absolute Gasteiger partial charge is 0.457 e. The quantitative estimate of drug-likeness (QED) is 0.168. The minimum absolute atomic E-state index is 0.00699. The normalized spacial score (nSPS) is 22.7. The molecule has 3 heterocycles. The van der Waals surface area contributed by atoms with Crippen molar-refractivity contribution in [3.05, 3.63) is 70.9 Å². The molecule has 0 spiro atoms. The van der Waals surface area contributed by atoms with E-state index in [0.29, 0.717) is 24.0 Å². The molecule has 3 fully saturated rings. The molecule has 2 aromatic rings. The molecule has 1 aromatic heterocycles. The molecule has 20 heteroatoms. The number of carbonyl (C=O) groups excluding carboxylic acids is 7. The Morgan fingerprint density at radius 1 is 1.12 bits per heavy atom. The molecule has 6 amide bonds. The van der Waals surface area contributed by atoms with Crippen LogP contribution in [0, 0.1) is 18.7 Å². The summed E-state index contributed by atoms with van der Waals surface area (Å²) < 4.78 is 58.5. The number of hydrogen-bond acceptors (Lipinski definition) is 12. The van der Waals surface area contributed by atoms with E-state index < -0.39 is 111 Å². The molecule has 0 radical (unpaired) electrons. The summed E-state index contributed by atoms with van der Waals surface area (Å²) in [5.74, 6) is -5.12. The Labute approximate surface area is 339 Å². The number of likely N-dealkylation sites (tertiary alicyclic amines) is 1. The Bertz CT molecular complexity index is 2220. The topological polar surface area (TPSA) is 240 Å². The predicted octanol–water partition coefficient (Wildman–Crippen LogP) is 2.34. The van der Waals surface area contributed by atoms with Gasteiger partial charge in [0.25, 0.3) is 11.8 Å². The number of carbonyl (C=O) groups is 7. The van der Waals surface area contributed by atoms with Gasteiger partial charge in [-0.1, -0.05) is 18.2 Å². The van der Waals surface area contributed by atoms with Crippen LogP contribution in [0.2, 0.25) is 0 Å². The minimum atomic E-state index is -4.01. The van der Waals surface area contributed by atoms with Crippen molar-refractivity contribution in [2.45, 2.75) is 108 Å². The number of alkyl carbamates (subject to hydrolysis) is 1. The van der Waals surface area contributed by atoms with Crippen molar-refractivity contribution in [1.82, 2.24) is 30.5 Å². The molecule has 0 unspecified atom stereocenters. The number of benzene rings is 1. The van der Waals surface area contributed by atoms with Crippen LogP contribution in [0.4, 0.5) is 14.0 Å². The molecule has 318 valence electrons. The highest BCUT2D eigenvalue weighted by molar-refractivity contribution is 7.91. The zero-order chi connectivity index (χ0) is 43.2. The van der Waals surface area contributed by atoms with Crippen molar-refractivity contribution >= 4 is 51.6 Å². The van der Waals surface area contributed by atoms with Gasteiger partial charge >= 0.3 is 12.2 Å². The van der Waals surface area contributed by atoms with Gasteiger partial charge in [-0.05, 0) is 58.6 Å². The molecule has 6 rings (SSSR count). The maximum absolute atomic E-state index is 14.5. The van der Waals surface area contributed by atoms with Gasteiger partial charge < -0.3 is 34.7 Å². The lowest BCUT2D eigenvalue weighted by Gasteiger charge is -2.30. The Morgan fingerprint density at radius 2 is 1.83 bits per heavy atom. The number of hydrogen-bond donors (Lipinski definition) is 4. The summed E-state index contributed by atoms with van der Waals surface area (Å²) in [7, 11) is -4.01. The summed E-state index contributed by atoms with van der Waals surface area (Å²) in [4.78, 5) is 96.2. The number of amides is 6. The molecule has 2 aliphatic carbocycles. The third kappa shape index (κ3) is 9.42. The molecule has 59 heavy (non-hydrogen) atoms. The fourth-order valence-corrected chi connectivity index (χ4v) is 8.51. The van der Waals surface area contributed by atoms with Crippen molar-refractivity contribution in [2.24, 2.45) is 5.92 Å². The number of sulfonamides is 1. The average molecular weight is 843 g/mol. The lowest BCUT2D eigenvalue weighted by atomic mass is 10.1. The van der Waals surface area contributed by atoms with Crippen molar-refractivity contribution in [2.75, 3.05) is 13.1 Å². The predicted molar refractivity (Wildman–Crippen MR) is 204 cm³/mol. The van der Waals surface area contributed by atoms with Crippen molar-refractivity contribution in [3.8, 4) is 0 Å². The summed E-state index contributed by atoms with van der Waals surface area (Å²) in [5, 5.41) is 6.88. The fourth-order valence-electron chi connectivity index (χ4n) is 7.14. The second-order valence-corrected chi connectivity index (χ2v) is 18.2. The van der Waals surface area contributed by atoms with E-state index in [-0.39, 0.29) is 43.0 Å². The van der Waals surface area contributed by atoms with Gasteiger partial charge in [0.15, 0.2) is 11.5 Å². The van der Waals surface area contributed by atoms with E-state index in [4.69, 9.17) is 13.9 Å². The Kier molecular flexibility index (Phi) is 11.7. The number of halogens is 1. The highest BCUT2D eigenvalue weighted by atomic mass is 32.2. The third-order valence-corrected chi connectivity index (χ3v) is 12.3. The van der Waals surface area contributed by atoms with Crippen LogP contribution < -0.4 is 20.7 Å². The number of nitrogens with one attached hydrogen (secondary N) is 4. The van der Waals surface area contributed by atoms with E-state index in [1.165, 1.54) is 43.0 Å². The zero-order valence-corrected chi connectivity index (χ0v) is 34.0. The average Bonchev–Trinajstić information content (AvgIpc) is 3.98. The van der Waals surface area contributed by atoms with Crippen LogP contribution in [-0.2, 0) is 47.0 Å². The van der Waals surface area contributed by atoms with Gasteiger partial charge in [0.2, 0.25) is 21.8 Å². The van der Waals surface area contributed by atoms with Crippen LogP contribution in [-0.4, -0.2) is 107 Å². The number of rotatable bonds is 13. The van der Waals surface area contributed by atoms with E-state index in [0.717, 1.165) is 4.90 Å². The number of nitrogens with zero attached hydrogens (tertiary/aromatic N) is 2. The summed E-state index contributed by atoms with van der Waals surface area (Å²) in [6.45, 7) is 10.2. The molecule has 1 saturated heterocycles. The molecule has 4 N–H and O–H groups in total. The third-order valence-electron chi connectivity index (χ3n) is 10.5. The maximum Gasteiger partial charge on any atom is 0.410 e. The van der Waals surface area contributed by atoms with Crippen LogP contribution in [0.25, 0.3) is 0 Å². The Balaban J connectivity index is 1.26. The number of fused-ring (bicyclic) bond motifs is 1. The lowest BCUT2D eigenvalue weighted by molar-refractivity contribution is -0.141. The number of furan rings is 1. The van der Waals surface area contributed by atoms with Crippen molar-refractivity contribution in [3.63, 3.8) is 0 Å². The summed E-state index contributed by atoms with van der Waals surface area (Å²) >= 11 is 0. The standard InChI is InChI=1S/C39H47FN6O12S/c1-7-23-15-39(23,35(51)44-59(54,55)25-11-12-25)43-33(49)30-13-24(57-37(53)45-17-22-9-8-10-28(40)27(22)19-45)18-46(30)34(50)29(42-36(52)58-38(4,5)6)16-41-32(48)26-14-31(20(2)47)56-21(26)3/h7-10,14,23-25,29-30H,1,11-13,15-19H2,2-6H3,(H,41,48)(H,42,52)(H,43,49)(H,44,51)/t23-,24-,29+,30+,39-/m1/s1. The first-order valence-electron chi connectivity index (χ1n) is 19.0. The maximum atomic E-state index is 14.5. The summed E-state index contributed by atoms with van der Waals surface area (Å²) in [6.07, 6.45) is -1.18. The molecule has 2 saturated carbocycles. The van der Waals surface area contributed by atoms with E-state index in [9.17, 15) is 46.4 Å². The van der Waals surface area contributed by atoms with Gasteiger partial charge in [-0.3, -0.25) is 33.6 Å². The van der Waals surface area contributed by atoms with Gasteiger partial charge in [-0.25, -0.2) is 22.4 Å². The smallest absolute Gasteiger partial charge is 0.410 e. The number of aryl methyl sites for hydroxylation is 1. The first-order chi connectivity index (χ1) is 27.6. The van der Waals surface area contributed by atoms with E-state index in [1.54, 1.807) is 26.8 Å². The van der Waals surface area contributed by atoms with Crippen LogP contribution in [0.3, 0.4) is 0 Å². The number of ether oxygens (including phenoxy) is 2. The molecule has 5 atom stereocenters. The first kappa shape index (κ1) is 42.8. The molecular weight excluding hydrogens is 796 g/mol. The van der Waals surface area contributed by atoms with Crippen LogP contribution in [0.5, 0.6) is 0 Å². The van der Waals surface area contributed by atoms with Gasteiger partial charge in [-0.15, -0.1) is 6.58 Å². The van der Waals surface area contributed by atoms with Gasteiger partial charge in [0, 0.05) is 44.0 Å². The monoisotopic (exact) mass is 842 g/mol. The van der Waals surface area contributed by atoms with Crippen LogP contribution in [0.1, 0.15) is 91.2 Å². The number of Topliss-reactive ketones (excluding diaryl/α,β-unsaturated/α-hetero) is 1. The van der Waals surface area contributed by atoms with E-state index >= 15 is 0 Å². The Hall–Kier alpha value is -5.79. The lowest BCUT2D eigenvalue weighted by Crippen LogP contribution is -2.59. The first-order valence-corrected chi connectivity index (χ1v) is 20.6. The van der Waals surface area contributed by atoms with E-state index in [2.05, 4.69) is 27.3 Å². The van der Waals surface area contributed by atoms with Crippen molar-refractivity contribution < 1.29 is 60.3 Å². The zero-order valence-electron chi connectivity index (χ0n) is 33.2. The number of ketones is 1. The highest BCUT2D eigenvalue weighted by Crippen LogP contribution is 2.45. The summed E-state index contributed by atoms with van der Waals surface area (Å²) in [5.41, 5.74) is -1.85. The van der Waals surface area contributed by atoms with Crippen LogP contribution >= 0.6 is 0 Å². The second-order valence-electron chi connectivity index (χ2n) is 16.2. The molecule has 2 aliphatic heterocycles. The molecule has 0 bridgehead atoms. The molecular formula is C39H47FN6O12S. The summed E-state index contributed by atoms with van der Waals surface area (Å²) in [6, 6.07) is 2.63. The van der Waals surface area contributed by atoms with Gasteiger partial charge in [0.1, 0.15) is 40.9 Å². The van der Waals surface area contributed by atoms with E-state index in [1.807, 2.05) is 0 Å². The highest BCUT2D eigenvalue weighted by Gasteiger charge is 2.62. The second kappa shape index (κ2) is 16.1.